The molecule has 0 aliphatic carbocycles. The predicted octanol–water partition coefficient (Wildman–Crippen LogP) is 3.41. The Hall–Kier alpha value is -3.61. The molecule has 0 spiro atoms. The highest BCUT2D eigenvalue weighted by atomic mass is 16.5. The van der Waals surface area contributed by atoms with Crippen molar-refractivity contribution in [1.29, 1.82) is 0 Å². The lowest BCUT2D eigenvalue weighted by atomic mass is 10.2. The number of anilines is 3. The van der Waals surface area contributed by atoms with E-state index in [1.807, 2.05) is 42.3 Å². The van der Waals surface area contributed by atoms with Crippen molar-refractivity contribution in [3.05, 3.63) is 66.5 Å². The van der Waals surface area contributed by atoms with Crippen molar-refractivity contribution in [1.82, 2.24) is 9.97 Å². The number of methoxy groups -OCH3 is 1. The summed E-state index contributed by atoms with van der Waals surface area (Å²) in [5.41, 5.74) is 7.89. The minimum atomic E-state index is -0.412. The summed E-state index contributed by atoms with van der Waals surface area (Å²) in [6.07, 6.45) is 1.39. The summed E-state index contributed by atoms with van der Waals surface area (Å²) in [5, 5.41) is 0. The van der Waals surface area contributed by atoms with Crippen LogP contribution in [0.5, 0.6) is 11.6 Å². The summed E-state index contributed by atoms with van der Waals surface area (Å²) in [6, 6.07) is 16.2. The van der Waals surface area contributed by atoms with Crippen LogP contribution >= 0.6 is 0 Å². The summed E-state index contributed by atoms with van der Waals surface area (Å²) >= 11 is 0. The van der Waals surface area contributed by atoms with Gasteiger partial charge in [0.15, 0.2) is 5.82 Å². The van der Waals surface area contributed by atoms with E-state index in [9.17, 15) is 4.79 Å². The van der Waals surface area contributed by atoms with Gasteiger partial charge in [0.25, 0.3) is 0 Å². The Balaban J connectivity index is 1.84. The Morgan fingerprint density at radius 2 is 1.73 bits per heavy atom. The first-order chi connectivity index (χ1) is 12.6. The molecule has 0 saturated carbocycles. The molecule has 2 N–H and O–H groups in total. The zero-order valence-electron chi connectivity index (χ0n) is 14.4. The Bertz CT molecular complexity index is 898. The van der Waals surface area contributed by atoms with Crippen molar-refractivity contribution < 1.29 is 14.3 Å². The van der Waals surface area contributed by atoms with Gasteiger partial charge >= 0.3 is 5.97 Å². The van der Waals surface area contributed by atoms with Gasteiger partial charge in [-0.1, -0.05) is 18.2 Å². The minimum Gasteiger partial charge on any atom is -0.465 e. The van der Waals surface area contributed by atoms with E-state index in [4.69, 9.17) is 10.5 Å². The lowest BCUT2D eigenvalue weighted by molar-refractivity contribution is 0.0600. The Morgan fingerprint density at radius 1 is 1.04 bits per heavy atom. The van der Waals surface area contributed by atoms with Crippen LogP contribution in [0.2, 0.25) is 0 Å². The third-order valence-corrected chi connectivity index (χ3v) is 3.78. The number of carbonyl (C=O) groups excluding carboxylic acids is 1. The van der Waals surface area contributed by atoms with Gasteiger partial charge in [-0.3, -0.25) is 0 Å². The van der Waals surface area contributed by atoms with Crippen LogP contribution in [-0.2, 0) is 4.74 Å². The molecule has 7 nitrogen and oxygen atoms in total. The number of aromatic nitrogens is 2. The summed E-state index contributed by atoms with van der Waals surface area (Å²) in [7, 11) is 3.20. The van der Waals surface area contributed by atoms with Gasteiger partial charge in [0.05, 0.1) is 12.7 Å². The molecule has 0 saturated heterocycles. The molecule has 2 aromatic carbocycles. The standard InChI is InChI=1S/C19H18N4O3/c1-23(14-6-4-3-5-7-14)17-16(20)18(22-12-21-17)26-15-10-8-13(9-11-15)19(24)25-2/h3-12H,20H2,1-2H3. The highest BCUT2D eigenvalue weighted by molar-refractivity contribution is 5.89. The average Bonchev–Trinajstić information content (AvgIpc) is 2.69. The number of hydrogen-bond acceptors (Lipinski definition) is 7. The van der Waals surface area contributed by atoms with E-state index >= 15 is 0 Å². The summed E-state index contributed by atoms with van der Waals surface area (Å²) in [4.78, 5) is 21.7. The van der Waals surface area contributed by atoms with E-state index in [0.717, 1.165) is 5.69 Å². The van der Waals surface area contributed by atoms with Gasteiger partial charge in [0.1, 0.15) is 17.8 Å². The largest absolute Gasteiger partial charge is 0.465 e. The molecule has 0 unspecified atom stereocenters. The number of esters is 1. The van der Waals surface area contributed by atoms with Gasteiger partial charge in [-0.25, -0.2) is 9.78 Å². The van der Waals surface area contributed by atoms with Gasteiger partial charge in [-0.2, -0.15) is 4.98 Å². The number of ether oxygens (including phenoxy) is 2. The maximum absolute atomic E-state index is 11.5. The molecule has 1 aromatic heterocycles. The van der Waals surface area contributed by atoms with Gasteiger partial charge < -0.3 is 20.1 Å². The van der Waals surface area contributed by atoms with Crippen molar-refractivity contribution in [2.45, 2.75) is 0 Å². The fourth-order valence-electron chi connectivity index (χ4n) is 2.38. The van der Waals surface area contributed by atoms with Gasteiger partial charge in [-0.15, -0.1) is 0 Å². The maximum Gasteiger partial charge on any atom is 0.337 e. The summed E-state index contributed by atoms with van der Waals surface area (Å²) in [5.74, 6) is 0.859. The van der Waals surface area contributed by atoms with E-state index in [2.05, 4.69) is 14.7 Å². The Kier molecular flexibility index (Phi) is 4.98. The average molecular weight is 350 g/mol. The first-order valence-electron chi connectivity index (χ1n) is 7.85. The molecule has 3 rings (SSSR count). The molecule has 0 aliphatic rings. The molecule has 7 heteroatoms. The van der Waals surface area contributed by atoms with Crippen LogP contribution in [0.4, 0.5) is 17.2 Å². The minimum absolute atomic E-state index is 0.239. The topological polar surface area (TPSA) is 90.6 Å². The molecule has 0 atom stereocenters. The zero-order valence-corrected chi connectivity index (χ0v) is 14.4. The molecule has 0 radical (unpaired) electrons. The van der Waals surface area contributed by atoms with Crippen LogP contribution in [0.25, 0.3) is 0 Å². The number of nitrogen functional groups attached to an aromatic ring is 1. The molecule has 132 valence electrons. The quantitative estimate of drug-likeness (QED) is 0.705. The number of nitrogens with two attached hydrogens (primary N) is 1. The Morgan fingerprint density at radius 3 is 2.38 bits per heavy atom. The van der Waals surface area contributed by atoms with Crippen LogP contribution in [0.1, 0.15) is 10.4 Å². The lowest BCUT2D eigenvalue weighted by Crippen LogP contribution is -2.14. The highest BCUT2D eigenvalue weighted by Crippen LogP contribution is 2.33. The second-order valence-electron chi connectivity index (χ2n) is 5.43. The van der Waals surface area contributed by atoms with Crippen LogP contribution in [-0.4, -0.2) is 30.1 Å². The second-order valence-corrected chi connectivity index (χ2v) is 5.43. The van der Waals surface area contributed by atoms with Crippen molar-refractivity contribution >= 4 is 23.2 Å². The number of hydrogen-bond donors (Lipinski definition) is 1. The molecule has 0 amide bonds. The van der Waals surface area contributed by atoms with E-state index in [1.54, 1.807) is 24.3 Å². The fraction of sp³-hybridized carbons (Fsp3) is 0.105. The van der Waals surface area contributed by atoms with Crippen molar-refractivity contribution in [2.24, 2.45) is 0 Å². The second kappa shape index (κ2) is 7.52. The molecule has 0 fully saturated rings. The number of rotatable bonds is 5. The van der Waals surface area contributed by atoms with Crippen molar-refractivity contribution in [2.75, 3.05) is 24.8 Å². The molecule has 3 aromatic rings. The molecule has 26 heavy (non-hydrogen) atoms. The van der Waals surface area contributed by atoms with Gasteiger partial charge in [0.2, 0.25) is 5.88 Å². The SMILES string of the molecule is COC(=O)c1ccc(Oc2ncnc(N(C)c3ccccc3)c2N)cc1. The predicted molar refractivity (Wildman–Crippen MR) is 98.8 cm³/mol. The molecular weight excluding hydrogens is 332 g/mol. The normalized spacial score (nSPS) is 10.2. The number of carbonyl (C=O) groups is 1. The molecule has 1 heterocycles. The van der Waals surface area contributed by atoms with Crippen LogP contribution < -0.4 is 15.4 Å². The smallest absolute Gasteiger partial charge is 0.337 e. The first-order valence-corrected chi connectivity index (χ1v) is 7.85. The van der Waals surface area contributed by atoms with Gasteiger partial charge in [0, 0.05) is 12.7 Å². The van der Waals surface area contributed by atoms with Gasteiger partial charge in [-0.05, 0) is 36.4 Å². The summed E-state index contributed by atoms with van der Waals surface area (Å²) in [6.45, 7) is 0. The maximum atomic E-state index is 11.5. The van der Waals surface area contributed by atoms with E-state index in [1.165, 1.54) is 13.4 Å². The fourth-order valence-corrected chi connectivity index (χ4v) is 2.38. The number of benzene rings is 2. The van der Waals surface area contributed by atoms with Crippen LogP contribution in [0.15, 0.2) is 60.9 Å². The number of nitrogens with zero attached hydrogens (tertiary/aromatic N) is 3. The molecular formula is C19H18N4O3. The van der Waals surface area contributed by atoms with Crippen LogP contribution in [0, 0.1) is 0 Å². The Labute approximate surface area is 151 Å². The molecule has 0 bridgehead atoms. The van der Waals surface area contributed by atoms with E-state index < -0.39 is 5.97 Å². The third-order valence-electron chi connectivity index (χ3n) is 3.78. The van der Waals surface area contributed by atoms with Crippen molar-refractivity contribution in [3.8, 4) is 11.6 Å². The van der Waals surface area contributed by atoms with Crippen molar-refractivity contribution in [3.63, 3.8) is 0 Å². The first kappa shape index (κ1) is 17.2. The third kappa shape index (κ3) is 3.56. The molecule has 0 aliphatic heterocycles. The summed E-state index contributed by atoms with van der Waals surface area (Å²) < 4.78 is 10.4. The zero-order chi connectivity index (χ0) is 18.5. The van der Waals surface area contributed by atoms with Crippen LogP contribution in [0.3, 0.4) is 0 Å². The van der Waals surface area contributed by atoms with E-state index in [0.29, 0.717) is 22.8 Å². The monoisotopic (exact) mass is 350 g/mol. The van der Waals surface area contributed by atoms with E-state index in [-0.39, 0.29) is 5.88 Å². The number of para-hydroxylation sites is 1. The highest BCUT2D eigenvalue weighted by Gasteiger charge is 2.15. The lowest BCUT2D eigenvalue weighted by Gasteiger charge is -2.20.